The van der Waals surface area contributed by atoms with Crippen LogP contribution in [0, 0.1) is 5.82 Å². The van der Waals surface area contributed by atoms with Crippen molar-refractivity contribution < 1.29 is 18.8 Å². The molecule has 3 rings (SSSR count). The van der Waals surface area contributed by atoms with E-state index in [-0.39, 0.29) is 10.6 Å². The quantitative estimate of drug-likeness (QED) is 0.595. The highest BCUT2D eigenvalue weighted by Gasteiger charge is 2.52. The van der Waals surface area contributed by atoms with E-state index >= 15 is 0 Å². The van der Waals surface area contributed by atoms with Crippen LogP contribution in [0.1, 0.15) is 24.5 Å². The predicted molar refractivity (Wildman–Crippen MR) is 102 cm³/mol. The van der Waals surface area contributed by atoms with E-state index in [1.807, 2.05) is 0 Å². The van der Waals surface area contributed by atoms with Gasteiger partial charge in [0.25, 0.3) is 11.8 Å². The van der Waals surface area contributed by atoms with Crippen molar-refractivity contribution in [2.24, 2.45) is 0 Å². The van der Waals surface area contributed by atoms with E-state index in [0.717, 1.165) is 6.08 Å². The largest absolute Gasteiger partial charge is 0.344 e. The van der Waals surface area contributed by atoms with Crippen LogP contribution in [-0.2, 0) is 15.1 Å². The number of imide groups is 1. The topological polar surface area (TPSA) is 78.5 Å². The number of urea groups is 1. The van der Waals surface area contributed by atoms with Crippen molar-refractivity contribution in [3.05, 3.63) is 76.6 Å². The zero-order valence-corrected chi connectivity index (χ0v) is 15.7. The second-order valence-electron chi connectivity index (χ2n) is 6.14. The molecule has 144 valence electrons. The molecule has 1 aliphatic heterocycles. The zero-order chi connectivity index (χ0) is 20.3. The van der Waals surface area contributed by atoms with E-state index in [1.54, 1.807) is 37.3 Å². The number of hydrazine groups is 1. The lowest BCUT2D eigenvalue weighted by Crippen LogP contribution is -2.48. The molecule has 0 aromatic heterocycles. The molecule has 1 heterocycles. The maximum absolute atomic E-state index is 13.8. The minimum absolute atomic E-state index is 0.0312. The average Bonchev–Trinajstić information content (AvgIpc) is 2.93. The third-order valence-electron chi connectivity index (χ3n) is 4.51. The molecule has 8 heteroatoms. The standard InChI is InChI=1S/C20H17ClFN3O3/c1-2-20(13-7-4-3-5-8-13)18(27)25(19(28)23-20)24-17(26)12-11-14-15(21)9-6-10-16(14)22/h3-12H,2H2,1H3,(H,23,28)(H,24,26)/b12-11+/t20-/m0/s1. The summed E-state index contributed by atoms with van der Waals surface area (Å²) < 4.78 is 13.8. The van der Waals surface area contributed by atoms with Crippen molar-refractivity contribution in [1.29, 1.82) is 0 Å². The van der Waals surface area contributed by atoms with Gasteiger partial charge in [-0.15, -0.1) is 0 Å². The molecule has 0 saturated carbocycles. The van der Waals surface area contributed by atoms with Gasteiger partial charge in [0.15, 0.2) is 0 Å². The summed E-state index contributed by atoms with van der Waals surface area (Å²) in [7, 11) is 0. The smallest absolute Gasteiger partial charge is 0.318 e. The molecule has 0 aliphatic carbocycles. The van der Waals surface area contributed by atoms with Gasteiger partial charge >= 0.3 is 6.03 Å². The Bertz CT molecular complexity index is 944. The van der Waals surface area contributed by atoms with Crippen molar-refractivity contribution >= 4 is 35.5 Å². The van der Waals surface area contributed by atoms with Gasteiger partial charge in [-0.3, -0.25) is 15.0 Å². The van der Waals surface area contributed by atoms with E-state index in [1.165, 1.54) is 24.3 Å². The van der Waals surface area contributed by atoms with Crippen LogP contribution in [0.3, 0.4) is 0 Å². The first kappa shape index (κ1) is 19.6. The number of nitrogens with zero attached hydrogens (tertiary/aromatic N) is 1. The van der Waals surface area contributed by atoms with Gasteiger partial charge in [0.05, 0.1) is 5.02 Å². The van der Waals surface area contributed by atoms with Crippen molar-refractivity contribution in [2.45, 2.75) is 18.9 Å². The summed E-state index contributed by atoms with van der Waals surface area (Å²) in [6, 6.07) is 12.2. The Balaban J connectivity index is 1.79. The van der Waals surface area contributed by atoms with E-state index in [2.05, 4.69) is 10.7 Å². The minimum atomic E-state index is -1.26. The van der Waals surface area contributed by atoms with Gasteiger partial charge in [0.2, 0.25) is 0 Å². The van der Waals surface area contributed by atoms with E-state index in [0.29, 0.717) is 17.0 Å². The second-order valence-corrected chi connectivity index (χ2v) is 6.55. The van der Waals surface area contributed by atoms with Crippen molar-refractivity contribution in [3.8, 4) is 0 Å². The Hall–Kier alpha value is -3.19. The first-order chi connectivity index (χ1) is 13.4. The number of hydrogen-bond donors (Lipinski definition) is 2. The van der Waals surface area contributed by atoms with Gasteiger partial charge in [0.1, 0.15) is 11.4 Å². The highest BCUT2D eigenvalue weighted by Crippen LogP contribution is 2.31. The van der Waals surface area contributed by atoms with Crippen LogP contribution in [0.25, 0.3) is 6.08 Å². The molecule has 6 nitrogen and oxygen atoms in total. The van der Waals surface area contributed by atoms with Crippen LogP contribution in [0.4, 0.5) is 9.18 Å². The summed E-state index contributed by atoms with van der Waals surface area (Å²) in [6.45, 7) is 1.76. The first-order valence-corrected chi connectivity index (χ1v) is 8.92. The van der Waals surface area contributed by atoms with E-state index < -0.39 is 29.2 Å². The molecule has 0 bridgehead atoms. The molecule has 2 aromatic rings. The van der Waals surface area contributed by atoms with Gasteiger partial charge in [0, 0.05) is 11.6 Å². The van der Waals surface area contributed by atoms with Gasteiger partial charge in [-0.25, -0.2) is 9.18 Å². The third kappa shape index (κ3) is 3.48. The molecule has 2 N–H and O–H groups in total. The lowest BCUT2D eigenvalue weighted by molar-refractivity contribution is -0.138. The number of hydrogen-bond acceptors (Lipinski definition) is 3. The number of rotatable bonds is 5. The lowest BCUT2D eigenvalue weighted by Gasteiger charge is -2.25. The Morgan fingerprint density at radius 2 is 1.93 bits per heavy atom. The molecular weight excluding hydrogens is 385 g/mol. The summed E-state index contributed by atoms with van der Waals surface area (Å²) in [5, 5.41) is 3.41. The minimum Gasteiger partial charge on any atom is -0.318 e. The monoisotopic (exact) mass is 401 g/mol. The molecule has 0 radical (unpaired) electrons. The van der Waals surface area contributed by atoms with E-state index in [4.69, 9.17) is 11.6 Å². The van der Waals surface area contributed by atoms with Crippen LogP contribution in [-0.4, -0.2) is 22.9 Å². The van der Waals surface area contributed by atoms with Crippen molar-refractivity contribution in [3.63, 3.8) is 0 Å². The molecule has 1 fully saturated rings. The number of carbonyl (C=O) groups excluding carboxylic acids is 3. The van der Waals surface area contributed by atoms with Crippen LogP contribution in [0.2, 0.25) is 5.02 Å². The zero-order valence-electron chi connectivity index (χ0n) is 14.9. The van der Waals surface area contributed by atoms with Crippen LogP contribution < -0.4 is 10.7 Å². The molecule has 1 atom stereocenters. The summed E-state index contributed by atoms with van der Waals surface area (Å²) in [5.74, 6) is -1.97. The summed E-state index contributed by atoms with van der Waals surface area (Å²) >= 11 is 5.90. The Morgan fingerprint density at radius 1 is 1.21 bits per heavy atom. The SMILES string of the molecule is CC[C@@]1(c2ccccc2)NC(=O)N(NC(=O)/C=C/c2c(F)cccc2Cl)C1=O. The third-order valence-corrected chi connectivity index (χ3v) is 4.84. The number of carbonyl (C=O) groups is 3. The Labute approximate surface area is 165 Å². The number of benzene rings is 2. The Morgan fingerprint density at radius 3 is 2.57 bits per heavy atom. The van der Waals surface area contributed by atoms with E-state index in [9.17, 15) is 18.8 Å². The van der Waals surface area contributed by atoms with Gasteiger partial charge < -0.3 is 5.32 Å². The number of nitrogens with one attached hydrogen (secondary N) is 2. The maximum Gasteiger partial charge on any atom is 0.344 e. The normalized spacial score (nSPS) is 19.2. The molecule has 2 aromatic carbocycles. The fourth-order valence-electron chi connectivity index (χ4n) is 3.02. The van der Waals surface area contributed by atoms with Crippen molar-refractivity contribution in [1.82, 2.24) is 15.8 Å². The average molecular weight is 402 g/mol. The van der Waals surface area contributed by atoms with Crippen molar-refractivity contribution in [2.75, 3.05) is 0 Å². The summed E-state index contributed by atoms with van der Waals surface area (Å²) in [6.07, 6.45) is 2.48. The summed E-state index contributed by atoms with van der Waals surface area (Å²) in [5.41, 5.74) is 1.61. The lowest BCUT2D eigenvalue weighted by atomic mass is 9.87. The molecule has 1 aliphatic rings. The number of amides is 4. The van der Waals surface area contributed by atoms with Gasteiger partial charge in [-0.1, -0.05) is 54.9 Å². The summed E-state index contributed by atoms with van der Waals surface area (Å²) in [4.78, 5) is 37.4. The molecule has 28 heavy (non-hydrogen) atoms. The molecule has 1 saturated heterocycles. The second kappa shape index (κ2) is 7.82. The molecule has 4 amide bonds. The number of halogens is 2. The van der Waals surface area contributed by atoms with Gasteiger partial charge in [-0.2, -0.15) is 5.01 Å². The van der Waals surface area contributed by atoms with Crippen LogP contribution in [0.5, 0.6) is 0 Å². The first-order valence-electron chi connectivity index (χ1n) is 8.54. The highest BCUT2D eigenvalue weighted by atomic mass is 35.5. The Kier molecular flexibility index (Phi) is 5.46. The molecular formula is C20H17ClFN3O3. The predicted octanol–water partition coefficient (Wildman–Crippen LogP) is 3.38. The maximum atomic E-state index is 13.8. The fourth-order valence-corrected chi connectivity index (χ4v) is 3.24. The van der Waals surface area contributed by atoms with Crippen LogP contribution in [0.15, 0.2) is 54.6 Å². The fraction of sp³-hybridized carbons (Fsp3) is 0.150. The van der Waals surface area contributed by atoms with Gasteiger partial charge in [-0.05, 0) is 30.2 Å². The van der Waals surface area contributed by atoms with Crippen LogP contribution >= 0.6 is 11.6 Å². The molecule has 0 spiro atoms. The molecule has 0 unspecified atom stereocenters. The highest BCUT2D eigenvalue weighted by molar-refractivity contribution is 6.32.